The van der Waals surface area contributed by atoms with Crippen LogP contribution in [-0.2, 0) is 5.72 Å². The summed E-state index contributed by atoms with van der Waals surface area (Å²) in [6.45, 7) is 2.11. The van der Waals surface area contributed by atoms with Crippen LogP contribution in [0.2, 0.25) is 0 Å². The minimum Gasteiger partial charge on any atom is -0.396 e. The van der Waals surface area contributed by atoms with E-state index in [1.165, 1.54) is 56.3 Å². The molecule has 0 aromatic carbocycles. The Kier molecular flexibility index (Phi) is 10.2. The summed E-state index contributed by atoms with van der Waals surface area (Å²) in [6.07, 6.45) is 11.6. The lowest BCUT2D eigenvalue weighted by atomic mass is 10.1. The van der Waals surface area contributed by atoms with Gasteiger partial charge in [-0.2, -0.15) is 0 Å². The lowest BCUT2D eigenvalue weighted by Crippen LogP contribution is -2.36. The van der Waals surface area contributed by atoms with Gasteiger partial charge in [0.15, 0.2) is 5.72 Å². The monoisotopic (exact) mass is 337 g/mol. The highest BCUT2D eigenvalue weighted by Gasteiger charge is 2.24. The van der Waals surface area contributed by atoms with Crippen molar-refractivity contribution in [3.05, 3.63) is 21.9 Å². The standard InChI is InChI=1S/C19H31NO2S/c1-2-3-4-5-6-7-8-9-10-11-12-17-13-14-18(23-17)19(20,22)15-16-21/h13-14,21-22H,2-10,15-16,20H2,1H3. The molecule has 0 saturated carbocycles. The van der Waals surface area contributed by atoms with E-state index in [2.05, 4.69) is 18.8 Å². The largest absolute Gasteiger partial charge is 0.396 e. The maximum atomic E-state index is 10.0. The predicted octanol–water partition coefficient (Wildman–Crippen LogP) is 4.12. The maximum absolute atomic E-state index is 10.0. The van der Waals surface area contributed by atoms with Crippen molar-refractivity contribution >= 4 is 11.3 Å². The molecule has 0 aliphatic heterocycles. The second-order valence-electron chi connectivity index (χ2n) is 6.09. The smallest absolute Gasteiger partial charge is 0.151 e. The third-order valence-electron chi connectivity index (χ3n) is 3.89. The van der Waals surface area contributed by atoms with E-state index in [-0.39, 0.29) is 13.0 Å². The average Bonchev–Trinajstić information content (AvgIpc) is 2.99. The molecule has 4 N–H and O–H groups in total. The van der Waals surface area contributed by atoms with Gasteiger partial charge in [0.25, 0.3) is 0 Å². The highest BCUT2D eigenvalue weighted by Crippen LogP contribution is 2.26. The first kappa shape index (κ1) is 20.2. The molecule has 0 fully saturated rings. The van der Waals surface area contributed by atoms with Crippen LogP contribution in [-0.4, -0.2) is 16.8 Å². The van der Waals surface area contributed by atoms with Gasteiger partial charge in [0, 0.05) is 19.4 Å². The van der Waals surface area contributed by atoms with Gasteiger partial charge in [-0.25, -0.2) is 0 Å². The van der Waals surface area contributed by atoms with Crippen molar-refractivity contribution in [2.45, 2.75) is 76.9 Å². The Hall–Kier alpha value is -0.860. The fourth-order valence-electron chi connectivity index (χ4n) is 2.43. The topological polar surface area (TPSA) is 66.5 Å². The lowest BCUT2D eigenvalue weighted by Gasteiger charge is -2.19. The summed E-state index contributed by atoms with van der Waals surface area (Å²) in [5.74, 6) is 6.34. The van der Waals surface area contributed by atoms with Crippen LogP contribution in [0.15, 0.2) is 12.1 Å². The third kappa shape index (κ3) is 8.53. The summed E-state index contributed by atoms with van der Waals surface area (Å²) in [7, 11) is 0. The van der Waals surface area contributed by atoms with E-state index < -0.39 is 5.72 Å². The van der Waals surface area contributed by atoms with Gasteiger partial charge in [0.2, 0.25) is 0 Å². The Morgan fingerprint density at radius 3 is 2.39 bits per heavy atom. The van der Waals surface area contributed by atoms with Gasteiger partial charge in [-0.05, 0) is 18.6 Å². The van der Waals surface area contributed by atoms with Crippen LogP contribution >= 0.6 is 11.3 Å². The number of unbranched alkanes of at least 4 members (excludes halogenated alkanes) is 8. The summed E-state index contributed by atoms with van der Waals surface area (Å²) in [5.41, 5.74) is 4.33. The molecule has 1 rings (SSSR count). The van der Waals surface area contributed by atoms with Crippen molar-refractivity contribution in [2.75, 3.05) is 6.61 Å². The molecule has 1 unspecified atom stereocenters. The summed E-state index contributed by atoms with van der Waals surface area (Å²) < 4.78 is 0. The molecule has 1 atom stereocenters. The Labute approximate surface area is 144 Å². The van der Waals surface area contributed by atoms with Crippen molar-refractivity contribution in [1.82, 2.24) is 0 Å². The summed E-state index contributed by atoms with van der Waals surface area (Å²) in [4.78, 5) is 1.57. The molecule has 1 aromatic heterocycles. The van der Waals surface area contributed by atoms with Crippen molar-refractivity contribution in [3.8, 4) is 11.8 Å². The molecule has 4 heteroatoms. The van der Waals surface area contributed by atoms with Gasteiger partial charge >= 0.3 is 0 Å². The van der Waals surface area contributed by atoms with Gasteiger partial charge in [-0.1, -0.05) is 63.7 Å². The summed E-state index contributed by atoms with van der Waals surface area (Å²) >= 11 is 1.40. The van der Waals surface area contributed by atoms with Crippen LogP contribution in [0, 0.1) is 11.8 Å². The quantitative estimate of drug-likeness (QED) is 0.323. The van der Waals surface area contributed by atoms with Crippen molar-refractivity contribution in [2.24, 2.45) is 5.73 Å². The van der Waals surface area contributed by atoms with Crippen LogP contribution in [0.1, 0.15) is 80.9 Å². The van der Waals surface area contributed by atoms with Crippen LogP contribution in [0.5, 0.6) is 0 Å². The molecule has 130 valence electrons. The highest BCUT2D eigenvalue weighted by atomic mass is 32.1. The maximum Gasteiger partial charge on any atom is 0.151 e. The van der Waals surface area contributed by atoms with Gasteiger partial charge < -0.3 is 10.2 Å². The van der Waals surface area contributed by atoms with Crippen LogP contribution in [0.25, 0.3) is 0 Å². The molecule has 1 heterocycles. The van der Waals surface area contributed by atoms with Crippen LogP contribution < -0.4 is 5.73 Å². The van der Waals surface area contributed by atoms with Gasteiger partial charge in [0.1, 0.15) is 0 Å². The minimum atomic E-state index is -1.45. The van der Waals surface area contributed by atoms with E-state index in [4.69, 9.17) is 10.8 Å². The molecule has 3 nitrogen and oxygen atoms in total. The van der Waals surface area contributed by atoms with E-state index in [9.17, 15) is 5.11 Å². The molecule has 0 aliphatic carbocycles. The molecule has 0 radical (unpaired) electrons. The first-order chi connectivity index (χ1) is 11.1. The fourth-order valence-corrected chi connectivity index (χ4v) is 3.34. The van der Waals surface area contributed by atoms with Crippen LogP contribution in [0.3, 0.4) is 0 Å². The second kappa shape index (κ2) is 11.6. The number of thiophene rings is 1. The number of hydrogen-bond acceptors (Lipinski definition) is 4. The predicted molar refractivity (Wildman–Crippen MR) is 98.2 cm³/mol. The number of aliphatic hydroxyl groups excluding tert-OH is 1. The van der Waals surface area contributed by atoms with Crippen molar-refractivity contribution in [1.29, 1.82) is 0 Å². The van der Waals surface area contributed by atoms with Gasteiger partial charge in [-0.15, -0.1) is 11.3 Å². The zero-order valence-corrected chi connectivity index (χ0v) is 15.1. The van der Waals surface area contributed by atoms with E-state index in [1.807, 2.05) is 6.07 Å². The minimum absolute atomic E-state index is 0.135. The van der Waals surface area contributed by atoms with Gasteiger partial charge in [-0.3, -0.25) is 5.73 Å². The number of hydrogen-bond donors (Lipinski definition) is 3. The molecule has 0 bridgehead atoms. The molecule has 23 heavy (non-hydrogen) atoms. The van der Waals surface area contributed by atoms with Gasteiger partial charge in [0.05, 0.1) is 9.75 Å². The molecular formula is C19H31NO2S. The van der Waals surface area contributed by atoms with Crippen molar-refractivity contribution < 1.29 is 10.2 Å². The average molecular weight is 338 g/mol. The summed E-state index contributed by atoms with van der Waals surface area (Å²) in [6, 6.07) is 3.68. The molecule has 0 saturated heterocycles. The van der Waals surface area contributed by atoms with E-state index in [0.29, 0.717) is 4.88 Å². The molecular weight excluding hydrogens is 306 g/mol. The highest BCUT2D eigenvalue weighted by molar-refractivity contribution is 7.12. The molecule has 0 amide bonds. The van der Waals surface area contributed by atoms with E-state index in [0.717, 1.165) is 17.7 Å². The second-order valence-corrected chi connectivity index (χ2v) is 7.17. The number of rotatable bonds is 11. The van der Waals surface area contributed by atoms with E-state index >= 15 is 0 Å². The zero-order valence-electron chi connectivity index (χ0n) is 14.3. The normalized spacial score (nSPS) is 13.4. The molecule has 1 aromatic rings. The molecule has 0 aliphatic rings. The SMILES string of the molecule is CCCCCCCCCCC#Cc1ccc(C(N)(O)CCO)s1. The lowest BCUT2D eigenvalue weighted by molar-refractivity contribution is 0.0211. The fraction of sp³-hybridized carbons (Fsp3) is 0.684. The van der Waals surface area contributed by atoms with E-state index in [1.54, 1.807) is 6.07 Å². The van der Waals surface area contributed by atoms with Crippen LogP contribution in [0.4, 0.5) is 0 Å². The molecule has 0 spiro atoms. The number of aliphatic hydroxyl groups is 2. The zero-order chi connectivity index (χ0) is 17.0. The number of nitrogens with two attached hydrogens (primary N) is 1. The van der Waals surface area contributed by atoms with Crippen molar-refractivity contribution in [3.63, 3.8) is 0 Å². The first-order valence-corrected chi connectivity index (χ1v) is 9.63. The third-order valence-corrected chi connectivity index (χ3v) is 5.06. The Morgan fingerprint density at radius 2 is 1.74 bits per heavy atom. The first-order valence-electron chi connectivity index (χ1n) is 8.81. The Bertz CT molecular complexity index is 485. The summed E-state index contributed by atoms with van der Waals surface area (Å²) in [5, 5.41) is 18.9. The Balaban J connectivity index is 2.21. The Morgan fingerprint density at radius 1 is 1.09 bits per heavy atom.